The topological polar surface area (TPSA) is 34.3 Å². The molecule has 0 unspecified atom stereocenters. The summed E-state index contributed by atoms with van der Waals surface area (Å²) in [6, 6.07) is 7.98. The molecule has 0 bridgehead atoms. The van der Waals surface area contributed by atoms with E-state index < -0.39 is 0 Å². The Morgan fingerprint density at radius 3 is 2.07 bits per heavy atom. The molecule has 0 aliphatic rings. The fourth-order valence-corrected chi connectivity index (χ4v) is 1.05. The average Bonchev–Trinajstić information content (AvgIpc) is 2.19. The predicted octanol–water partition coefficient (Wildman–Crippen LogP) is 1.06. The van der Waals surface area contributed by atoms with Crippen LogP contribution in [0.1, 0.15) is 26.3 Å². The summed E-state index contributed by atoms with van der Waals surface area (Å²) >= 11 is 5.82. The summed E-state index contributed by atoms with van der Waals surface area (Å²) in [5, 5.41) is 8.64. The monoisotopic (exact) mass is 253 g/mol. The second-order valence-corrected chi connectivity index (χ2v) is 3.56. The fourth-order valence-electron chi connectivity index (χ4n) is 0.785. The molecule has 4 heteroatoms. The van der Waals surface area contributed by atoms with Crippen LogP contribution in [-0.4, -0.2) is 11.2 Å². The largest absolute Gasteiger partial charge is 1.00 e. The Hall–Kier alpha value is 1.07. The molecule has 1 aromatic rings. The van der Waals surface area contributed by atoms with Gasteiger partial charge in [0.2, 0.25) is 0 Å². The fraction of sp³-hybridized carbons (Fsp3) is 0.455. The van der Waals surface area contributed by atoms with Crippen molar-refractivity contribution in [1.82, 2.24) is 0 Å². The van der Waals surface area contributed by atoms with Gasteiger partial charge in [0.1, 0.15) is 0 Å². The number of hydrogen-bond donors (Lipinski definition) is 1. The molecule has 0 aliphatic heterocycles. The smallest absolute Gasteiger partial charge is 0.535 e. The van der Waals surface area contributed by atoms with Gasteiger partial charge in [0.05, 0.1) is 0 Å². The molecule has 0 fully saturated rings. The van der Waals surface area contributed by atoms with E-state index >= 15 is 0 Å². The van der Waals surface area contributed by atoms with E-state index in [1.165, 1.54) is 5.56 Å². The van der Waals surface area contributed by atoms with Gasteiger partial charge in [-0.15, -0.1) is 6.04 Å². The van der Waals surface area contributed by atoms with Crippen molar-refractivity contribution < 1.29 is 56.6 Å². The summed E-state index contributed by atoms with van der Waals surface area (Å²) in [5.74, 6) is 0. The molecule has 0 saturated heterocycles. The number of aryl methyl sites for hydroxylation is 1. The van der Waals surface area contributed by atoms with Crippen molar-refractivity contribution in [2.24, 2.45) is 0 Å². The van der Waals surface area contributed by atoms with Crippen LogP contribution in [0, 0.1) is 0 Å². The number of rotatable bonds is 2. The molecule has 0 amide bonds. The second-order valence-electron chi connectivity index (χ2n) is 3.15. The molecule has 0 radical (unpaired) electrons. The molecule has 0 atom stereocenters. The first-order chi connectivity index (χ1) is 6.61. The number of hydrogen-bond acceptors (Lipinski definition) is 1. The minimum absolute atomic E-state index is 0. The first kappa shape index (κ1) is 18.4. The van der Waals surface area contributed by atoms with Crippen molar-refractivity contribution in [1.29, 1.82) is 0 Å². The van der Waals surface area contributed by atoms with E-state index in [4.69, 9.17) is 16.8 Å². The van der Waals surface area contributed by atoms with E-state index in [9.17, 15) is 0 Å². The van der Waals surface area contributed by atoms with Gasteiger partial charge >= 0.3 is 51.4 Å². The van der Waals surface area contributed by atoms with Gasteiger partial charge in [0.25, 0.3) is 0 Å². The van der Waals surface area contributed by atoms with Crippen molar-refractivity contribution in [3.8, 4) is 0 Å². The van der Waals surface area contributed by atoms with Crippen molar-refractivity contribution in [2.45, 2.75) is 33.2 Å². The van der Waals surface area contributed by atoms with Gasteiger partial charge in [-0.3, -0.25) is 0 Å². The summed E-state index contributed by atoms with van der Waals surface area (Å²) in [7, 11) is 0. The van der Waals surface area contributed by atoms with Gasteiger partial charge in [-0.2, -0.15) is 0 Å². The van der Waals surface area contributed by atoms with Gasteiger partial charge in [-0.05, 0) is 18.1 Å². The Morgan fingerprint density at radius 1 is 1.33 bits per heavy atom. The van der Waals surface area contributed by atoms with Crippen molar-refractivity contribution >= 4 is 11.6 Å². The third-order valence-corrected chi connectivity index (χ3v) is 1.94. The Labute approximate surface area is 140 Å². The molecule has 0 heterocycles. The summed E-state index contributed by atoms with van der Waals surface area (Å²) < 4.78 is 0. The van der Waals surface area contributed by atoms with E-state index in [1.807, 2.05) is 24.3 Å². The molecule has 80 valence electrons. The first-order valence-electron chi connectivity index (χ1n) is 4.69. The second kappa shape index (κ2) is 11.5. The molecule has 15 heavy (non-hydrogen) atoms. The van der Waals surface area contributed by atoms with E-state index in [1.54, 1.807) is 13.8 Å². The minimum atomic E-state index is 0. The predicted molar refractivity (Wildman–Crippen MR) is 61.1 cm³/mol. The van der Waals surface area contributed by atoms with Gasteiger partial charge in [0, 0.05) is 5.02 Å². The molecule has 0 spiro atoms. The van der Waals surface area contributed by atoms with Crippen LogP contribution in [-0.2, 0) is 6.42 Å². The van der Waals surface area contributed by atoms with E-state index in [0.717, 1.165) is 11.4 Å². The average molecular weight is 254 g/mol. The number of nitrogens with zero attached hydrogens (tertiary/aromatic N) is 1. The van der Waals surface area contributed by atoms with Crippen LogP contribution in [0.4, 0.5) is 0 Å². The van der Waals surface area contributed by atoms with E-state index in [2.05, 4.69) is 12.4 Å². The van der Waals surface area contributed by atoms with Gasteiger partial charge < -0.3 is 10.7 Å². The molecule has 1 aromatic carbocycles. The van der Waals surface area contributed by atoms with Crippen LogP contribution in [0.3, 0.4) is 0 Å². The molecule has 0 aliphatic carbocycles. The zero-order chi connectivity index (χ0) is 11.0. The Balaban J connectivity index is 0. The van der Waals surface area contributed by atoms with E-state index in [0.29, 0.717) is 0 Å². The van der Waals surface area contributed by atoms with Crippen molar-refractivity contribution in [3.63, 3.8) is 0 Å². The van der Waals surface area contributed by atoms with Crippen LogP contribution in [0.2, 0.25) is 5.02 Å². The van der Waals surface area contributed by atoms with Crippen molar-refractivity contribution in [3.05, 3.63) is 40.3 Å². The van der Waals surface area contributed by atoms with Crippen LogP contribution in [0.5, 0.6) is 0 Å². The maximum absolute atomic E-state index is 7.77. The van der Waals surface area contributed by atoms with Crippen LogP contribution < -0.4 is 51.4 Å². The Bertz CT molecular complexity index is 256. The summed E-state index contributed by atoms with van der Waals surface area (Å²) in [5.41, 5.74) is 4.11. The Morgan fingerprint density at radius 2 is 1.80 bits per heavy atom. The summed E-state index contributed by atoms with van der Waals surface area (Å²) in [6.45, 7) is 5.71. The normalized spacial score (nSPS) is 8.93. The van der Waals surface area contributed by atoms with Crippen LogP contribution in [0.25, 0.3) is 5.48 Å². The maximum Gasteiger partial charge on any atom is 1.00 e. The Kier molecular flexibility index (Phi) is 14.2. The number of halogens is 1. The van der Waals surface area contributed by atoms with Gasteiger partial charge in [-0.1, -0.05) is 50.6 Å². The zero-order valence-electron chi connectivity index (χ0n) is 9.87. The molecule has 1 rings (SSSR count). The molecular weight excluding hydrogens is 237 g/mol. The molecule has 0 aromatic heterocycles. The molecule has 1 N–H and O–H groups in total. The van der Waals surface area contributed by atoms with Crippen LogP contribution in [0.15, 0.2) is 24.3 Å². The number of benzene rings is 1. The SMILES string of the molecule is CC(C)[N-]O.CCc1ccccc1Cl.[K+]. The molecule has 0 saturated carbocycles. The third-order valence-electron chi connectivity index (χ3n) is 1.57. The van der Waals surface area contributed by atoms with Crippen molar-refractivity contribution in [2.75, 3.05) is 0 Å². The maximum atomic E-state index is 7.77. The molecule has 2 nitrogen and oxygen atoms in total. The third kappa shape index (κ3) is 9.97. The standard InChI is InChI=1S/C8H9Cl.C3H8NO.K/c1-2-7-5-3-4-6-8(7)9;1-3(2)4-5;/h3-6H,2H2,1H3;3,5H,1-2H3;/q;-1;+1. The quantitative estimate of drug-likeness (QED) is 0.621. The van der Waals surface area contributed by atoms with Gasteiger partial charge in [0.15, 0.2) is 0 Å². The number of hydroxylamine groups is 1. The minimum Gasteiger partial charge on any atom is -0.535 e. The van der Waals surface area contributed by atoms with Gasteiger partial charge in [-0.25, -0.2) is 0 Å². The zero-order valence-corrected chi connectivity index (χ0v) is 13.7. The van der Waals surface area contributed by atoms with Crippen LogP contribution >= 0.6 is 11.6 Å². The first-order valence-corrected chi connectivity index (χ1v) is 5.07. The summed E-state index contributed by atoms with van der Waals surface area (Å²) in [6.07, 6.45) is 1.01. The van der Waals surface area contributed by atoms with E-state index in [-0.39, 0.29) is 57.4 Å². The molecular formula is C11H17ClKNO. The summed E-state index contributed by atoms with van der Waals surface area (Å²) in [4.78, 5) is 0.